The minimum absolute atomic E-state index is 0.00221. The number of hydrogen-bond acceptors (Lipinski definition) is 27. The van der Waals surface area contributed by atoms with E-state index in [9.17, 15) is 72.3 Å². The Bertz CT molecular complexity index is 3430. The summed E-state index contributed by atoms with van der Waals surface area (Å²) in [6.45, 7) is -0.0742. The van der Waals surface area contributed by atoms with E-state index in [0.29, 0.717) is 0 Å². The van der Waals surface area contributed by atoms with E-state index < -0.39 is 154 Å². The number of rotatable bonds is 22. The summed E-state index contributed by atoms with van der Waals surface area (Å²) in [5.74, 6) is -2.27. The van der Waals surface area contributed by atoms with Crippen molar-refractivity contribution in [2.24, 2.45) is 13.0 Å². The second-order valence-electron chi connectivity index (χ2n) is 17.8. The number of nitrogens with two attached hydrogens (primary N) is 2. The molecule has 0 aromatic carbocycles. The van der Waals surface area contributed by atoms with Crippen LogP contribution in [0.5, 0.6) is 0 Å². The van der Waals surface area contributed by atoms with Gasteiger partial charge in [-0.2, -0.15) is 8.62 Å². The quantitative estimate of drug-likeness (QED) is 0.0234. The molecule has 5 aromatic rings. The van der Waals surface area contributed by atoms with Crippen LogP contribution < -0.4 is 38.2 Å². The molecule has 3 saturated heterocycles. The van der Waals surface area contributed by atoms with Crippen LogP contribution in [-0.2, 0) is 75.8 Å². The van der Waals surface area contributed by atoms with Crippen molar-refractivity contribution in [3.63, 3.8) is 0 Å². The highest BCUT2D eigenvalue weighted by atomic mass is 31.3. The van der Waals surface area contributed by atoms with Crippen LogP contribution in [-0.4, -0.2) is 166 Å². The Morgan fingerprint density at radius 3 is 2.12 bits per heavy atom. The zero-order valence-corrected chi connectivity index (χ0v) is 44.3. The number of phosphoric acid groups is 4. The van der Waals surface area contributed by atoms with Crippen LogP contribution >= 0.6 is 31.3 Å². The van der Waals surface area contributed by atoms with Crippen LogP contribution in [0.25, 0.3) is 22.3 Å². The Kier molecular flexibility index (Phi) is 17.2. The van der Waals surface area contributed by atoms with Gasteiger partial charge in [0.2, 0.25) is 17.7 Å². The number of aromatic nitrogens is 10. The van der Waals surface area contributed by atoms with E-state index in [4.69, 9.17) is 48.5 Å². The summed E-state index contributed by atoms with van der Waals surface area (Å²) in [6.07, 6.45) is -14.4. The standard InChI is InChI=1S/C36H51N13O25P4/c1-14(2)42-20(51)7-15-16(69-32(23(15)52)49-13-46(3)22-30(49)44-35(38)45-31(22)55)8-67-76(59,60)73-78(63,64)74-77(61,62)68-10-18-26(27(65-4)34(71-18)48-12-41-21-28(37)39-11-40-29(21)48)72-75(57,58)66-9-17-24(53)25(54)33(70-17)47-6-5-19(50)43-36(47)56/h5-6,11-18,23-27,32-34,52-54H,7-10H2,1-4H3,(H10-,37,38,39,40,42,43,44,45,50,51,55,56,57,58,59,60,61,62,63,64)/p+1/t15-,16-,17-,18-,23-,24-,25-,26-,27-,32?,33-,34-/m1/s1. The van der Waals surface area contributed by atoms with Gasteiger partial charge in [0.15, 0.2) is 30.2 Å². The number of H-pyrrole nitrogens is 2. The van der Waals surface area contributed by atoms with E-state index in [1.54, 1.807) is 13.8 Å². The molecule has 0 bridgehead atoms. The second-order valence-corrected chi connectivity index (χ2v) is 23.9. The van der Waals surface area contributed by atoms with Crippen molar-refractivity contribution in [3.05, 3.63) is 62.4 Å². The molecular formula is C36H52N13O25P4+. The molecule has 0 radical (unpaired) electrons. The lowest BCUT2D eigenvalue weighted by atomic mass is 9.94. The number of aromatic amines is 2. The van der Waals surface area contributed by atoms with E-state index in [0.717, 1.165) is 36.6 Å². The van der Waals surface area contributed by atoms with Crippen molar-refractivity contribution in [1.29, 1.82) is 0 Å². The highest BCUT2D eigenvalue weighted by molar-refractivity contribution is 7.66. The maximum absolute atomic E-state index is 13.6. The van der Waals surface area contributed by atoms with Crippen LogP contribution in [0.1, 0.15) is 39.0 Å². The second kappa shape index (κ2) is 22.8. The van der Waals surface area contributed by atoms with Gasteiger partial charge < -0.3 is 70.6 Å². The number of nitrogens with one attached hydrogen (secondary N) is 3. The van der Waals surface area contributed by atoms with Gasteiger partial charge >= 0.3 is 42.6 Å². The molecule has 14 N–H and O–H groups in total. The van der Waals surface area contributed by atoms with Crippen molar-refractivity contribution in [3.8, 4) is 0 Å². The first kappa shape index (κ1) is 59.0. The van der Waals surface area contributed by atoms with Gasteiger partial charge in [-0.3, -0.25) is 56.1 Å². The Labute approximate surface area is 435 Å². The fourth-order valence-electron chi connectivity index (χ4n) is 8.72. The van der Waals surface area contributed by atoms with E-state index in [1.165, 1.54) is 27.1 Å². The largest absolute Gasteiger partial charge is 0.490 e. The summed E-state index contributed by atoms with van der Waals surface area (Å²) in [4.78, 5) is 113. The van der Waals surface area contributed by atoms with E-state index in [2.05, 4.69) is 38.9 Å². The van der Waals surface area contributed by atoms with Crippen molar-refractivity contribution in [2.45, 2.75) is 93.8 Å². The number of ether oxygens (including phenoxy) is 4. The lowest BCUT2D eigenvalue weighted by Crippen LogP contribution is -2.45. The van der Waals surface area contributed by atoms with Crippen molar-refractivity contribution in [2.75, 3.05) is 38.4 Å². The number of phosphoric ester groups is 3. The van der Waals surface area contributed by atoms with Gasteiger partial charge in [0.05, 0.1) is 39.3 Å². The topological polar surface area (TPSA) is 536 Å². The summed E-state index contributed by atoms with van der Waals surface area (Å²) in [5, 5.41) is 35.4. The van der Waals surface area contributed by atoms with Gasteiger partial charge in [-0.1, -0.05) is 4.98 Å². The lowest BCUT2D eigenvalue weighted by Gasteiger charge is -2.26. The Morgan fingerprint density at radius 1 is 0.821 bits per heavy atom. The molecule has 8 rings (SSSR count). The molecule has 78 heavy (non-hydrogen) atoms. The third-order valence-corrected chi connectivity index (χ3v) is 17.2. The first-order chi connectivity index (χ1) is 36.5. The van der Waals surface area contributed by atoms with Crippen LogP contribution in [0.15, 0.2) is 45.6 Å². The molecule has 3 fully saturated rings. The molecule has 38 nitrogen and oxygen atoms in total. The number of carbonyl (C=O) groups excluding carboxylic acids is 1. The number of imidazole rings is 2. The Hall–Kier alpha value is -5.11. The molecule has 16 atom stereocenters. The minimum Gasteiger partial charge on any atom is -0.387 e. The van der Waals surface area contributed by atoms with Crippen LogP contribution in [0.3, 0.4) is 0 Å². The number of methoxy groups -OCH3 is 1. The van der Waals surface area contributed by atoms with E-state index >= 15 is 0 Å². The summed E-state index contributed by atoms with van der Waals surface area (Å²) in [6, 6.07) is 0.548. The zero-order valence-electron chi connectivity index (χ0n) is 40.7. The molecule has 3 aliphatic heterocycles. The number of aryl methyl sites for hydroxylation is 1. The van der Waals surface area contributed by atoms with E-state index in [-0.39, 0.29) is 40.1 Å². The van der Waals surface area contributed by atoms with Crippen molar-refractivity contribution in [1.82, 2.24) is 48.9 Å². The predicted octanol–water partition coefficient (Wildman–Crippen LogP) is -3.71. The van der Waals surface area contributed by atoms with Crippen molar-refractivity contribution < 1.29 is 108 Å². The van der Waals surface area contributed by atoms with Crippen molar-refractivity contribution >= 4 is 71.3 Å². The number of anilines is 2. The predicted molar refractivity (Wildman–Crippen MR) is 253 cm³/mol. The third-order valence-electron chi connectivity index (χ3n) is 12.0. The Balaban J connectivity index is 0.952. The number of carbonyl (C=O) groups is 1. The molecule has 5 aromatic heterocycles. The first-order valence-electron chi connectivity index (χ1n) is 22.7. The molecule has 5 unspecified atom stereocenters. The average Bonchev–Trinajstić information content (AvgIpc) is 4.22. The monoisotopic (exact) mass is 1190 g/mol. The number of aliphatic hydroxyl groups is 3. The number of nitrogens with zero attached hydrogens (tertiary/aromatic N) is 8. The molecule has 0 saturated carbocycles. The zero-order chi connectivity index (χ0) is 57.0. The van der Waals surface area contributed by atoms with Gasteiger partial charge in [-0.25, -0.2) is 42.6 Å². The molecule has 430 valence electrons. The summed E-state index contributed by atoms with van der Waals surface area (Å²) < 4.78 is 110. The highest BCUT2D eigenvalue weighted by Crippen LogP contribution is 2.68. The molecule has 0 aliphatic carbocycles. The van der Waals surface area contributed by atoms with Gasteiger partial charge in [-0.15, -0.1) is 0 Å². The molecular weight excluding hydrogens is 1140 g/mol. The van der Waals surface area contributed by atoms with Crippen LogP contribution in [0, 0.1) is 5.92 Å². The number of nitrogen functional groups attached to an aromatic ring is 2. The number of aliphatic hydroxyl groups excluding tert-OH is 3. The maximum Gasteiger partial charge on any atom is 0.490 e. The minimum atomic E-state index is -6.24. The first-order valence-corrected chi connectivity index (χ1v) is 28.6. The van der Waals surface area contributed by atoms with Gasteiger partial charge in [0.1, 0.15) is 54.6 Å². The average molecular weight is 1190 g/mol. The highest BCUT2D eigenvalue weighted by Gasteiger charge is 2.54. The molecule has 8 heterocycles. The molecule has 42 heteroatoms. The SMILES string of the molecule is CO[C@@H]1[C@H](OP(=O)(O)OC[C@H]2O[C@@H](n3ccc(=O)[nH]c3=O)[C@H](O)[C@@H]2O)[C@@H](COP(=O)(O)OP(=O)(O)OP(=O)(O)OC[C@H]2OC([n+]3cn(C)c4c(=O)[nH]c(N)nc43)[C@H](O)[C@@H]2CC(=O)NC(C)C)O[C@H]1n1cnc2c(N)ncnc21. The van der Waals surface area contributed by atoms with E-state index in [1.807, 2.05) is 4.98 Å². The molecule has 3 aliphatic rings. The van der Waals surface area contributed by atoms with Gasteiger partial charge in [0, 0.05) is 37.8 Å². The number of hydrogen-bond donors (Lipinski definition) is 12. The normalized spacial score (nSPS) is 29.6. The number of fused-ring (bicyclic) bond motifs is 2. The van der Waals surface area contributed by atoms with Crippen LogP contribution in [0.2, 0.25) is 0 Å². The smallest absolute Gasteiger partial charge is 0.387 e. The van der Waals surface area contributed by atoms with Gasteiger partial charge in [0.25, 0.3) is 17.1 Å². The molecule has 0 spiro atoms. The van der Waals surface area contributed by atoms with Gasteiger partial charge in [-0.05, 0) is 13.8 Å². The van der Waals surface area contributed by atoms with Crippen LogP contribution in [0.4, 0.5) is 11.8 Å². The Morgan fingerprint density at radius 2 is 1.46 bits per heavy atom. The molecule has 1 amide bonds. The summed E-state index contributed by atoms with van der Waals surface area (Å²) >= 11 is 0. The maximum atomic E-state index is 13.6. The summed E-state index contributed by atoms with van der Waals surface area (Å²) in [7, 11) is -21.0. The fourth-order valence-corrected chi connectivity index (χ4v) is 13.2. The fraction of sp³-hybridized carbons (Fsp3) is 0.583. The lowest BCUT2D eigenvalue weighted by molar-refractivity contribution is -0.745. The third kappa shape index (κ3) is 12.9. The summed E-state index contributed by atoms with van der Waals surface area (Å²) in [5.41, 5.74) is 9.15. The number of amides is 1.